The molecule has 2 amide bonds. The molecule has 2 aliphatic heterocycles. The van der Waals surface area contributed by atoms with Crippen molar-refractivity contribution in [2.75, 3.05) is 39.4 Å². The molecule has 2 N–H and O–H groups in total. The lowest BCUT2D eigenvalue weighted by Crippen LogP contribution is -2.51. The molecule has 2 saturated heterocycles. The summed E-state index contributed by atoms with van der Waals surface area (Å²) in [6.45, 7) is 5.30. The number of morpholine rings is 1. The Bertz CT molecular complexity index is 329. The van der Waals surface area contributed by atoms with Crippen molar-refractivity contribution in [3.63, 3.8) is 0 Å². The molecule has 6 nitrogen and oxygen atoms in total. The summed E-state index contributed by atoms with van der Waals surface area (Å²) in [4.78, 5) is 27.6. The molecule has 0 aromatic carbocycles. The quantitative estimate of drug-likeness (QED) is 0.705. The van der Waals surface area contributed by atoms with Gasteiger partial charge in [0.2, 0.25) is 11.8 Å². The molecular weight excluding hydrogens is 234 g/mol. The van der Waals surface area contributed by atoms with Crippen LogP contribution in [0.3, 0.4) is 0 Å². The van der Waals surface area contributed by atoms with Gasteiger partial charge < -0.3 is 20.3 Å². The maximum Gasteiger partial charge on any atom is 0.245 e. The number of likely N-dealkylation sites (tertiary alicyclic amines) is 1. The lowest BCUT2D eigenvalue weighted by Gasteiger charge is -2.32. The summed E-state index contributed by atoms with van der Waals surface area (Å²) in [6.07, 6.45) is 0.469. The first kappa shape index (κ1) is 13.3. The minimum absolute atomic E-state index is 0.0179. The van der Waals surface area contributed by atoms with E-state index in [4.69, 9.17) is 10.5 Å². The van der Waals surface area contributed by atoms with Crippen molar-refractivity contribution in [1.29, 1.82) is 0 Å². The number of ether oxygens (including phenoxy) is 1. The van der Waals surface area contributed by atoms with Gasteiger partial charge in [-0.05, 0) is 19.4 Å². The number of amides is 2. The minimum Gasteiger partial charge on any atom is -0.378 e. The van der Waals surface area contributed by atoms with Crippen LogP contribution in [-0.4, -0.2) is 67.0 Å². The highest BCUT2D eigenvalue weighted by Gasteiger charge is 2.36. The topological polar surface area (TPSA) is 75.9 Å². The Morgan fingerprint density at radius 2 is 2.17 bits per heavy atom. The lowest BCUT2D eigenvalue weighted by molar-refractivity contribution is -0.145. The molecule has 102 valence electrons. The van der Waals surface area contributed by atoms with Crippen molar-refractivity contribution in [2.24, 2.45) is 11.7 Å². The molecule has 2 heterocycles. The fourth-order valence-electron chi connectivity index (χ4n) is 2.52. The van der Waals surface area contributed by atoms with Crippen LogP contribution in [0.25, 0.3) is 0 Å². The van der Waals surface area contributed by atoms with Gasteiger partial charge in [0.1, 0.15) is 6.04 Å². The fraction of sp³-hybridized carbons (Fsp3) is 0.833. The summed E-state index contributed by atoms with van der Waals surface area (Å²) in [5.74, 6) is 0.251. The van der Waals surface area contributed by atoms with E-state index in [0.29, 0.717) is 45.8 Å². The fourth-order valence-corrected chi connectivity index (χ4v) is 2.52. The highest BCUT2D eigenvalue weighted by atomic mass is 16.5. The number of carbonyl (C=O) groups excluding carboxylic acids is 2. The number of nitrogens with two attached hydrogens (primary N) is 1. The molecular formula is C12H21N3O3. The Morgan fingerprint density at radius 3 is 2.72 bits per heavy atom. The number of hydrogen-bond acceptors (Lipinski definition) is 4. The normalized spacial score (nSPS) is 26.6. The van der Waals surface area contributed by atoms with Crippen LogP contribution in [0.4, 0.5) is 0 Å². The van der Waals surface area contributed by atoms with E-state index in [1.165, 1.54) is 0 Å². The van der Waals surface area contributed by atoms with E-state index in [1.54, 1.807) is 16.7 Å². The molecule has 0 aliphatic carbocycles. The molecule has 2 rings (SSSR count). The van der Waals surface area contributed by atoms with Crippen molar-refractivity contribution in [3.8, 4) is 0 Å². The standard InChI is InChI=1S/C12H21N3O3/c1-9(12(17)14-2-4-18-5-3-14)15-8-10(7-13)6-11(15)16/h9-10H,2-8,13H2,1H3. The molecule has 2 fully saturated rings. The van der Waals surface area contributed by atoms with E-state index >= 15 is 0 Å². The van der Waals surface area contributed by atoms with Gasteiger partial charge in [0, 0.05) is 26.1 Å². The third kappa shape index (κ3) is 2.64. The Hall–Kier alpha value is -1.14. The van der Waals surface area contributed by atoms with Crippen LogP contribution in [-0.2, 0) is 14.3 Å². The SMILES string of the molecule is CC(C(=O)N1CCOCC1)N1CC(CN)CC1=O. The van der Waals surface area contributed by atoms with Crippen LogP contribution in [0.1, 0.15) is 13.3 Å². The van der Waals surface area contributed by atoms with Gasteiger partial charge in [-0.1, -0.05) is 0 Å². The zero-order chi connectivity index (χ0) is 13.1. The number of hydrogen-bond donors (Lipinski definition) is 1. The Balaban J connectivity index is 1.95. The predicted octanol–water partition coefficient (Wildman–Crippen LogP) is -0.959. The van der Waals surface area contributed by atoms with Crippen molar-refractivity contribution < 1.29 is 14.3 Å². The summed E-state index contributed by atoms with van der Waals surface area (Å²) < 4.78 is 5.22. The highest BCUT2D eigenvalue weighted by molar-refractivity contribution is 5.88. The maximum absolute atomic E-state index is 12.3. The Morgan fingerprint density at radius 1 is 1.50 bits per heavy atom. The summed E-state index contributed by atoms with van der Waals surface area (Å²) in [5.41, 5.74) is 5.59. The summed E-state index contributed by atoms with van der Waals surface area (Å²) in [5, 5.41) is 0. The minimum atomic E-state index is -0.382. The van der Waals surface area contributed by atoms with Gasteiger partial charge in [-0.25, -0.2) is 0 Å². The number of nitrogens with zero attached hydrogens (tertiary/aromatic N) is 2. The molecule has 2 atom stereocenters. The molecule has 0 aromatic rings. The molecule has 2 aliphatic rings. The Labute approximate surface area is 107 Å². The monoisotopic (exact) mass is 255 g/mol. The van der Waals surface area contributed by atoms with Crippen molar-refractivity contribution in [2.45, 2.75) is 19.4 Å². The van der Waals surface area contributed by atoms with Crippen LogP contribution in [0.2, 0.25) is 0 Å². The van der Waals surface area contributed by atoms with Gasteiger partial charge in [-0.15, -0.1) is 0 Å². The van der Waals surface area contributed by atoms with Crippen LogP contribution in [0, 0.1) is 5.92 Å². The highest BCUT2D eigenvalue weighted by Crippen LogP contribution is 2.20. The average Bonchev–Trinajstić information content (AvgIpc) is 2.79. The van der Waals surface area contributed by atoms with Gasteiger partial charge in [0.25, 0.3) is 0 Å². The van der Waals surface area contributed by atoms with Crippen molar-refractivity contribution in [3.05, 3.63) is 0 Å². The average molecular weight is 255 g/mol. The van der Waals surface area contributed by atoms with E-state index in [0.717, 1.165) is 0 Å². The zero-order valence-electron chi connectivity index (χ0n) is 10.8. The summed E-state index contributed by atoms with van der Waals surface area (Å²) >= 11 is 0. The van der Waals surface area contributed by atoms with Crippen LogP contribution in [0.15, 0.2) is 0 Å². The Kier molecular flexibility index (Phi) is 4.19. The molecule has 0 spiro atoms. The van der Waals surface area contributed by atoms with E-state index < -0.39 is 0 Å². The van der Waals surface area contributed by atoms with Crippen LogP contribution < -0.4 is 5.73 Å². The molecule has 6 heteroatoms. The second kappa shape index (κ2) is 5.67. The zero-order valence-corrected chi connectivity index (χ0v) is 10.8. The third-order valence-electron chi connectivity index (χ3n) is 3.72. The smallest absolute Gasteiger partial charge is 0.245 e. The molecule has 0 radical (unpaired) electrons. The van der Waals surface area contributed by atoms with E-state index in [1.807, 2.05) is 0 Å². The number of rotatable bonds is 3. The van der Waals surface area contributed by atoms with Crippen LogP contribution in [0.5, 0.6) is 0 Å². The first-order chi connectivity index (χ1) is 8.63. The van der Waals surface area contributed by atoms with Gasteiger partial charge in [-0.2, -0.15) is 0 Å². The molecule has 18 heavy (non-hydrogen) atoms. The summed E-state index contributed by atoms with van der Waals surface area (Å²) in [6, 6.07) is -0.382. The third-order valence-corrected chi connectivity index (χ3v) is 3.72. The first-order valence-corrected chi connectivity index (χ1v) is 6.49. The van der Waals surface area contributed by atoms with Gasteiger partial charge in [-0.3, -0.25) is 9.59 Å². The van der Waals surface area contributed by atoms with Crippen LogP contribution >= 0.6 is 0 Å². The lowest BCUT2D eigenvalue weighted by atomic mass is 10.1. The predicted molar refractivity (Wildman–Crippen MR) is 65.7 cm³/mol. The number of carbonyl (C=O) groups is 2. The van der Waals surface area contributed by atoms with Crippen molar-refractivity contribution in [1.82, 2.24) is 9.80 Å². The second-order valence-corrected chi connectivity index (χ2v) is 4.97. The van der Waals surface area contributed by atoms with Gasteiger partial charge >= 0.3 is 0 Å². The summed E-state index contributed by atoms with van der Waals surface area (Å²) in [7, 11) is 0. The molecule has 0 saturated carbocycles. The van der Waals surface area contributed by atoms with Gasteiger partial charge in [0.05, 0.1) is 13.2 Å². The van der Waals surface area contributed by atoms with Gasteiger partial charge in [0.15, 0.2) is 0 Å². The van der Waals surface area contributed by atoms with E-state index in [2.05, 4.69) is 0 Å². The second-order valence-electron chi connectivity index (χ2n) is 4.97. The maximum atomic E-state index is 12.3. The first-order valence-electron chi connectivity index (χ1n) is 6.49. The largest absolute Gasteiger partial charge is 0.378 e. The molecule has 0 aromatic heterocycles. The van der Waals surface area contributed by atoms with Crippen molar-refractivity contribution >= 4 is 11.8 Å². The molecule has 2 unspecified atom stereocenters. The van der Waals surface area contributed by atoms with E-state index in [-0.39, 0.29) is 23.8 Å². The van der Waals surface area contributed by atoms with E-state index in [9.17, 15) is 9.59 Å². The molecule has 0 bridgehead atoms.